The van der Waals surface area contributed by atoms with Crippen molar-refractivity contribution in [3.05, 3.63) is 63.9 Å². The van der Waals surface area contributed by atoms with Gasteiger partial charge in [0.15, 0.2) is 15.0 Å². The van der Waals surface area contributed by atoms with Gasteiger partial charge in [-0.1, -0.05) is 35.5 Å². The molecule has 0 saturated carbocycles. The van der Waals surface area contributed by atoms with Crippen LogP contribution in [0.2, 0.25) is 5.02 Å². The molecule has 1 aromatic heterocycles. The van der Waals surface area contributed by atoms with Gasteiger partial charge in [-0.25, -0.2) is 13.4 Å². The van der Waals surface area contributed by atoms with Gasteiger partial charge in [0.05, 0.1) is 33.8 Å². The van der Waals surface area contributed by atoms with Gasteiger partial charge < -0.3 is 5.32 Å². The summed E-state index contributed by atoms with van der Waals surface area (Å²) < 4.78 is 24.6. The molecule has 1 saturated heterocycles. The van der Waals surface area contributed by atoms with E-state index in [4.69, 9.17) is 11.6 Å². The van der Waals surface area contributed by atoms with Gasteiger partial charge in [0.2, 0.25) is 5.91 Å². The van der Waals surface area contributed by atoms with Crippen LogP contribution in [0.3, 0.4) is 0 Å². The maximum atomic E-state index is 13.1. The molecule has 156 valence electrons. The number of hydrogen-bond donors (Lipinski definition) is 1. The number of carbonyl (C=O) groups excluding carboxylic acids is 1. The Balaban J connectivity index is 1.62. The number of benzene rings is 2. The number of thioether (sulfide) groups is 1. The van der Waals surface area contributed by atoms with E-state index in [9.17, 15) is 18.0 Å². The molecule has 3 aromatic rings. The smallest absolute Gasteiger partial charge is 0.266 e. The van der Waals surface area contributed by atoms with Crippen molar-refractivity contribution >= 4 is 50.0 Å². The molecule has 1 amide bonds. The lowest BCUT2D eigenvalue weighted by molar-refractivity contribution is -0.119. The van der Waals surface area contributed by atoms with Crippen LogP contribution in [0.15, 0.2) is 58.5 Å². The molecule has 0 radical (unpaired) electrons. The topological polar surface area (TPSA) is 98.1 Å². The van der Waals surface area contributed by atoms with Crippen molar-refractivity contribution in [2.24, 2.45) is 0 Å². The number of nitrogens with zero attached hydrogens (tertiary/aromatic N) is 2. The van der Waals surface area contributed by atoms with E-state index in [1.807, 2.05) is 0 Å². The van der Waals surface area contributed by atoms with Crippen LogP contribution < -0.4 is 10.9 Å². The van der Waals surface area contributed by atoms with Gasteiger partial charge in [-0.2, -0.15) is 0 Å². The van der Waals surface area contributed by atoms with Crippen LogP contribution in [0.25, 0.3) is 16.6 Å². The highest BCUT2D eigenvalue weighted by Crippen LogP contribution is 2.22. The lowest BCUT2D eigenvalue weighted by Crippen LogP contribution is -2.36. The summed E-state index contributed by atoms with van der Waals surface area (Å²) in [5.74, 6) is -0.234. The van der Waals surface area contributed by atoms with E-state index in [0.717, 1.165) is 11.8 Å². The first kappa shape index (κ1) is 20.9. The predicted octanol–water partition coefficient (Wildman–Crippen LogP) is 2.43. The summed E-state index contributed by atoms with van der Waals surface area (Å²) in [4.78, 5) is 30.1. The average Bonchev–Trinajstić information content (AvgIpc) is 3.05. The third-order valence-corrected chi connectivity index (χ3v) is 7.72. The quantitative estimate of drug-likeness (QED) is 0.461. The molecule has 0 bridgehead atoms. The normalized spacial score (nSPS) is 17.8. The zero-order chi connectivity index (χ0) is 21.3. The molecule has 7 nitrogen and oxygen atoms in total. The third-order valence-electron chi connectivity index (χ3n) is 4.76. The van der Waals surface area contributed by atoms with Gasteiger partial charge in [-0.05, 0) is 42.8 Å². The molecule has 1 aliphatic heterocycles. The fourth-order valence-corrected chi connectivity index (χ4v) is 5.96. The lowest BCUT2D eigenvalue weighted by atomic mass is 10.2. The van der Waals surface area contributed by atoms with E-state index in [0.29, 0.717) is 33.2 Å². The maximum absolute atomic E-state index is 13.1. The van der Waals surface area contributed by atoms with Crippen molar-refractivity contribution in [3.8, 4) is 5.69 Å². The summed E-state index contributed by atoms with van der Waals surface area (Å²) in [5.41, 5.74) is 0.887. The summed E-state index contributed by atoms with van der Waals surface area (Å²) in [6, 6.07) is 13.4. The second kappa shape index (κ2) is 8.41. The second-order valence-electron chi connectivity index (χ2n) is 6.98. The minimum Gasteiger partial charge on any atom is -0.352 e. The summed E-state index contributed by atoms with van der Waals surface area (Å²) >= 11 is 7.10. The Morgan fingerprint density at radius 1 is 1.20 bits per heavy atom. The highest BCUT2D eigenvalue weighted by atomic mass is 35.5. The summed E-state index contributed by atoms with van der Waals surface area (Å²) in [6.07, 6.45) is 0.419. The van der Waals surface area contributed by atoms with Gasteiger partial charge in [-0.3, -0.25) is 14.2 Å². The monoisotopic (exact) mass is 463 g/mol. The van der Waals surface area contributed by atoms with Crippen molar-refractivity contribution in [2.45, 2.75) is 17.6 Å². The largest absolute Gasteiger partial charge is 0.352 e. The molecular weight excluding hydrogens is 446 g/mol. The Kier molecular flexibility index (Phi) is 5.86. The first-order chi connectivity index (χ1) is 14.3. The summed E-state index contributed by atoms with van der Waals surface area (Å²) in [7, 11) is -3.07. The van der Waals surface area contributed by atoms with Crippen LogP contribution in [0.5, 0.6) is 0 Å². The zero-order valence-corrected chi connectivity index (χ0v) is 18.1. The number of carbonyl (C=O) groups is 1. The number of para-hydroxylation sites is 1. The molecule has 0 aliphatic carbocycles. The zero-order valence-electron chi connectivity index (χ0n) is 15.7. The Morgan fingerprint density at radius 3 is 2.63 bits per heavy atom. The molecule has 2 heterocycles. The minimum atomic E-state index is -3.07. The number of halogens is 1. The number of hydrogen-bond acceptors (Lipinski definition) is 6. The van der Waals surface area contributed by atoms with Gasteiger partial charge >= 0.3 is 0 Å². The van der Waals surface area contributed by atoms with E-state index < -0.39 is 9.84 Å². The summed E-state index contributed by atoms with van der Waals surface area (Å²) in [6.45, 7) is 0. The molecule has 1 atom stereocenters. The van der Waals surface area contributed by atoms with Crippen molar-refractivity contribution in [3.63, 3.8) is 0 Å². The van der Waals surface area contributed by atoms with Crippen molar-refractivity contribution in [2.75, 3.05) is 17.3 Å². The molecule has 4 rings (SSSR count). The maximum Gasteiger partial charge on any atom is 0.266 e. The molecule has 2 aromatic carbocycles. The second-order valence-corrected chi connectivity index (χ2v) is 10.6. The molecule has 0 spiro atoms. The molecule has 1 unspecified atom stereocenters. The van der Waals surface area contributed by atoms with Crippen LogP contribution in [-0.4, -0.2) is 47.2 Å². The fourth-order valence-electron chi connectivity index (χ4n) is 3.34. The van der Waals surface area contributed by atoms with E-state index >= 15 is 0 Å². The van der Waals surface area contributed by atoms with Crippen LogP contribution in [0.4, 0.5) is 0 Å². The Hall–Kier alpha value is -2.36. The minimum absolute atomic E-state index is 0.00885. The van der Waals surface area contributed by atoms with Gasteiger partial charge in [0.1, 0.15) is 0 Å². The van der Waals surface area contributed by atoms with E-state index in [1.54, 1.807) is 48.5 Å². The Labute approximate surface area is 182 Å². The number of fused-ring (bicyclic) bond motifs is 1. The van der Waals surface area contributed by atoms with Crippen LogP contribution in [0, 0.1) is 0 Å². The molecule has 1 fully saturated rings. The first-order valence-electron chi connectivity index (χ1n) is 9.23. The first-order valence-corrected chi connectivity index (χ1v) is 12.4. The SMILES string of the molecule is O=C(CSc1nc2ccccc2c(=O)n1-c1ccc(Cl)cc1)NC1CCS(=O)(=O)C1. The number of amides is 1. The Morgan fingerprint density at radius 2 is 1.93 bits per heavy atom. The molecule has 10 heteroatoms. The van der Waals surface area contributed by atoms with Gasteiger partial charge in [0, 0.05) is 11.1 Å². The molecule has 1 N–H and O–H groups in total. The Bertz CT molecular complexity index is 1270. The van der Waals surface area contributed by atoms with Crippen molar-refractivity contribution in [1.82, 2.24) is 14.9 Å². The number of aromatic nitrogens is 2. The number of rotatable bonds is 5. The van der Waals surface area contributed by atoms with Crippen LogP contribution in [0.1, 0.15) is 6.42 Å². The van der Waals surface area contributed by atoms with Gasteiger partial charge in [-0.15, -0.1) is 0 Å². The lowest BCUT2D eigenvalue weighted by Gasteiger charge is -2.14. The molecule has 1 aliphatic rings. The third kappa shape index (κ3) is 4.53. The highest BCUT2D eigenvalue weighted by Gasteiger charge is 2.29. The van der Waals surface area contributed by atoms with Gasteiger partial charge in [0.25, 0.3) is 5.56 Å². The van der Waals surface area contributed by atoms with E-state index in [2.05, 4.69) is 10.3 Å². The van der Waals surface area contributed by atoms with Crippen LogP contribution in [-0.2, 0) is 14.6 Å². The fraction of sp³-hybridized carbons (Fsp3) is 0.250. The predicted molar refractivity (Wildman–Crippen MR) is 118 cm³/mol. The summed E-state index contributed by atoms with van der Waals surface area (Å²) in [5, 5.41) is 4.13. The average molecular weight is 464 g/mol. The highest BCUT2D eigenvalue weighted by molar-refractivity contribution is 7.99. The molecular formula is C20H18ClN3O4S2. The van der Waals surface area contributed by atoms with Crippen LogP contribution >= 0.6 is 23.4 Å². The standard InChI is InChI=1S/C20H18ClN3O4S2/c21-13-5-7-15(8-6-13)24-19(26)16-3-1-2-4-17(16)23-20(24)29-11-18(25)22-14-9-10-30(27,28)12-14/h1-8,14H,9-12H2,(H,22,25). The number of sulfone groups is 1. The number of nitrogens with one attached hydrogen (secondary N) is 1. The van der Waals surface area contributed by atoms with Crippen molar-refractivity contribution < 1.29 is 13.2 Å². The van der Waals surface area contributed by atoms with E-state index in [1.165, 1.54) is 4.57 Å². The molecule has 30 heavy (non-hydrogen) atoms. The van der Waals surface area contributed by atoms with Crippen molar-refractivity contribution in [1.29, 1.82) is 0 Å². The van der Waals surface area contributed by atoms with E-state index in [-0.39, 0.29) is 34.8 Å².